The molecule has 1 atom stereocenters. The maximum Gasteiger partial charge on any atom is 0.306 e. The summed E-state index contributed by atoms with van der Waals surface area (Å²) < 4.78 is 16.9. The predicted octanol–water partition coefficient (Wildman–Crippen LogP) is 25.4. The summed E-state index contributed by atoms with van der Waals surface area (Å²) in [6.07, 6.45) is 83.3. The number of ether oxygens (including phenoxy) is 3. The molecule has 1 unspecified atom stereocenters. The van der Waals surface area contributed by atoms with Crippen molar-refractivity contribution in [3.8, 4) is 0 Å². The quantitative estimate of drug-likeness (QED) is 0.0343. The van der Waals surface area contributed by atoms with Crippen LogP contribution in [0.5, 0.6) is 0 Å². The van der Waals surface area contributed by atoms with Crippen LogP contribution in [0.25, 0.3) is 0 Å². The second kappa shape index (κ2) is 69.9. The highest BCUT2D eigenvalue weighted by Gasteiger charge is 2.20. The molecule has 6 nitrogen and oxygen atoms in total. The Morgan fingerprint density at radius 3 is 0.500 bits per heavy atom. The van der Waals surface area contributed by atoms with Gasteiger partial charge in [0.1, 0.15) is 13.2 Å². The van der Waals surface area contributed by atoms with Gasteiger partial charge in [-0.3, -0.25) is 14.4 Å². The zero-order valence-corrected chi connectivity index (χ0v) is 54.9. The van der Waals surface area contributed by atoms with E-state index in [4.69, 9.17) is 14.2 Å². The molecule has 0 aromatic heterocycles. The first-order valence-electron chi connectivity index (χ1n) is 37.0. The fourth-order valence-corrected chi connectivity index (χ4v) is 11.8. The Morgan fingerprint density at radius 2 is 0.338 bits per heavy atom. The molecule has 0 aliphatic heterocycles. The smallest absolute Gasteiger partial charge is 0.306 e. The van der Waals surface area contributed by atoms with Crippen molar-refractivity contribution in [2.75, 3.05) is 13.2 Å². The Labute approximate surface area is 501 Å². The SMILES string of the molecule is CCCCCCCCCCCCCCCCCCCCCCCCCCCCCCCCC(=O)OCC(COC(=O)CCCCCCCCC)OC(=O)CCCCCCCCCCCCCCCCCCCCCCCCCCC. The molecule has 80 heavy (non-hydrogen) atoms. The molecule has 6 heteroatoms. The first-order chi connectivity index (χ1) is 39.5. The van der Waals surface area contributed by atoms with Crippen LogP contribution < -0.4 is 0 Å². The Bertz CT molecular complexity index is 1200. The summed E-state index contributed by atoms with van der Waals surface area (Å²) in [6.45, 7) is 6.70. The highest BCUT2D eigenvalue weighted by Crippen LogP contribution is 2.20. The van der Waals surface area contributed by atoms with E-state index in [0.29, 0.717) is 19.3 Å². The summed E-state index contributed by atoms with van der Waals surface area (Å²) in [7, 11) is 0. The van der Waals surface area contributed by atoms with Crippen molar-refractivity contribution in [1.29, 1.82) is 0 Å². The average Bonchev–Trinajstić information content (AvgIpc) is 3.46. The summed E-state index contributed by atoms with van der Waals surface area (Å²) in [5, 5.41) is 0. The summed E-state index contributed by atoms with van der Waals surface area (Å²) in [4.78, 5) is 38.2. The maximum absolute atomic E-state index is 12.9. The van der Waals surface area contributed by atoms with Crippen LogP contribution in [-0.4, -0.2) is 37.2 Å². The van der Waals surface area contributed by atoms with Crippen molar-refractivity contribution in [3.05, 3.63) is 0 Å². The van der Waals surface area contributed by atoms with Crippen molar-refractivity contribution < 1.29 is 28.6 Å². The predicted molar refractivity (Wildman–Crippen MR) is 349 cm³/mol. The lowest BCUT2D eigenvalue weighted by Gasteiger charge is -2.18. The topological polar surface area (TPSA) is 78.9 Å². The highest BCUT2D eigenvalue weighted by atomic mass is 16.6. The standard InChI is InChI=1S/C74H144O6/c1-4-7-10-13-16-18-20-22-24-26-28-30-32-34-35-36-37-38-40-41-43-45-47-49-51-53-55-58-61-64-67-73(76)79-70-71(69-78-72(75)66-63-60-57-15-12-9-6-3)80-74(77)68-65-62-59-56-54-52-50-48-46-44-42-39-33-31-29-27-25-23-21-19-17-14-11-8-5-2/h71H,4-70H2,1-3H3. The molecule has 0 saturated heterocycles. The van der Waals surface area contributed by atoms with Crippen molar-refractivity contribution >= 4 is 17.9 Å². The number of rotatable bonds is 70. The molecule has 0 N–H and O–H groups in total. The molecular formula is C74H144O6. The van der Waals surface area contributed by atoms with Crippen molar-refractivity contribution in [1.82, 2.24) is 0 Å². The number of esters is 3. The molecule has 0 rings (SSSR count). The maximum atomic E-state index is 12.9. The molecule has 0 amide bonds. The van der Waals surface area contributed by atoms with Crippen LogP contribution >= 0.6 is 0 Å². The summed E-state index contributed by atoms with van der Waals surface area (Å²) in [5.41, 5.74) is 0. The first-order valence-corrected chi connectivity index (χ1v) is 37.0. The lowest BCUT2D eigenvalue weighted by Crippen LogP contribution is -2.30. The van der Waals surface area contributed by atoms with Crippen molar-refractivity contribution in [2.45, 2.75) is 444 Å². The third kappa shape index (κ3) is 67.2. The number of unbranched alkanes of at least 4 members (excludes halogenated alkanes) is 59. The molecule has 0 fully saturated rings. The number of hydrogen-bond acceptors (Lipinski definition) is 6. The molecule has 0 aliphatic carbocycles. The summed E-state index contributed by atoms with van der Waals surface area (Å²) >= 11 is 0. The molecular weight excluding hydrogens is 985 g/mol. The van der Waals surface area contributed by atoms with E-state index in [0.717, 1.165) is 57.8 Å². The zero-order chi connectivity index (χ0) is 57.8. The zero-order valence-electron chi connectivity index (χ0n) is 54.9. The first kappa shape index (κ1) is 78.4. The molecule has 0 aromatic rings. The van der Waals surface area contributed by atoms with Gasteiger partial charge in [0.05, 0.1) is 0 Å². The Morgan fingerprint density at radius 1 is 0.200 bits per heavy atom. The molecule has 0 aliphatic rings. The van der Waals surface area contributed by atoms with Gasteiger partial charge in [-0.1, -0.05) is 400 Å². The van der Waals surface area contributed by atoms with Gasteiger partial charge in [-0.05, 0) is 19.3 Å². The Kier molecular flexibility index (Phi) is 68.5. The molecule has 476 valence electrons. The fraction of sp³-hybridized carbons (Fsp3) is 0.959. The minimum Gasteiger partial charge on any atom is -0.462 e. The van der Waals surface area contributed by atoms with Gasteiger partial charge < -0.3 is 14.2 Å². The van der Waals surface area contributed by atoms with E-state index in [1.54, 1.807) is 0 Å². The molecule has 0 spiro atoms. The van der Waals surface area contributed by atoms with Gasteiger partial charge in [0.2, 0.25) is 0 Å². The second-order valence-corrected chi connectivity index (χ2v) is 25.6. The number of hydrogen-bond donors (Lipinski definition) is 0. The van der Waals surface area contributed by atoms with E-state index < -0.39 is 6.10 Å². The average molecular weight is 1130 g/mol. The van der Waals surface area contributed by atoms with Crippen LogP contribution in [-0.2, 0) is 28.6 Å². The number of carbonyl (C=O) groups excluding carboxylic acids is 3. The highest BCUT2D eigenvalue weighted by molar-refractivity contribution is 5.71. The lowest BCUT2D eigenvalue weighted by atomic mass is 10.0. The van der Waals surface area contributed by atoms with Gasteiger partial charge in [-0.2, -0.15) is 0 Å². The third-order valence-electron chi connectivity index (χ3n) is 17.4. The van der Waals surface area contributed by atoms with Gasteiger partial charge in [0.15, 0.2) is 6.10 Å². The summed E-state index contributed by atoms with van der Waals surface area (Å²) in [5.74, 6) is -0.831. The molecule has 0 heterocycles. The van der Waals surface area contributed by atoms with Crippen LogP contribution in [0.4, 0.5) is 0 Å². The normalized spacial score (nSPS) is 11.9. The lowest BCUT2D eigenvalue weighted by molar-refractivity contribution is -0.167. The third-order valence-corrected chi connectivity index (χ3v) is 17.4. The Balaban J connectivity index is 3.95. The monoisotopic (exact) mass is 1130 g/mol. The van der Waals surface area contributed by atoms with Gasteiger partial charge >= 0.3 is 17.9 Å². The van der Waals surface area contributed by atoms with E-state index >= 15 is 0 Å². The largest absolute Gasteiger partial charge is 0.462 e. The van der Waals surface area contributed by atoms with Gasteiger partial charge in [-0.25, -0.2) is 0 Å². The van der Waals surface area contributed by atoms with Crippen LogP contribution in [0.2, 0.25) is 0 Å². The van der Waals surface area contributed by atoms with Crippen molar-refractivity contribution in [2.24, 2.45) is 0 Å². The van der Waals surface area contributed by atoms with E-state index in [9.17, 15) is 14.4 Å². The van der Waals surface area contributed by atoms with E-state index in [-0.39, 0.29) is 31.1 Å². The van der Waals surface area contributed by atoms with Gasteiger partial charge in [0, 0.05) is 19.3 Å². The van der Waals surface area contributed by atoms with Crippen molar-refractivity contribution in [3.63, 3.8) is 0 Å². The van der Waals surface area contributed by atoms with Crippen LogP contribution in [0, 0.1) is 0 Å². The van der Waals surface area contributed by atoms with Gasteiger partial charge in [0.25, 0.3) is 0 Å². The summed E-state index contributed by atoms with van der Waals surface area (Å²) in [6, 6.07) is 0. The van der Waals surface area contributed by atoms with E-state index in [1.807, 2.05) is 0 Å². The van der Waals surface area contributed by atoms with Crippen LogP contribution in [0.3, 0.4) is 0 Å². The van der Waals surface area contributed by atoms with Crippen LogP contribution in [0.15, 0.2) is 0 Å². The fourth-order valence-electron chi connectivity index (χ4n) is 11.8. The molecule has 0 radical (unpaired) electrons. The van der Waals surface area contributed by atoms with E-state index in [2.05, 4.69) is 20.8 Å². The van der Waals surface area contributed by atoms with Crippen LogP contribution in [0.1, 0.15) is 438 Å². The second-order valence-electron chi connectivity index (χ2n) is 25.6. The Hall–Kier alpha value is -1.59. The molecule has 0 saturated carbocycles. The molecule has 0 aromatic carbocycles. The minimum atomic E-state index is -0.762. The van der Waals surface area contributed by atoms with Gasteiger partial charge in [-0.15, -0.1) is 0 Å². The number of carbonyl (C=O) groups is 3. The molecule has 0 bridgehead atoms. The van der Waals surface area contributed by atoms with E-state index in [1.165, 1.54) is 340 Å². The minimum absolute atomic E-state index is 0.0612.